The maximum absolute atomic E-state index is 2.31. The van der Waals surface area contributed by atoms with Crippen LogP contribution in [0, 0.1) is 0 Å². The van der Waals surface area contributed by atoms with Crippen LogP contribution in [-0.4, -0.2) is 40.6 Å². The summed E-state index contributed by atoms with van der Waals surface area (Å²) in [7, 11) is 0. The topological polar surface area (TPSA) is 0 Å². The van der Waals surface area contributed by atoms with E-state index >= 15 is 0 Å². The van der Waals surface area contributed by atoms with E-state index in [1.165, 1.54) is 194 Å². The molecule has 0 nitrogen and oxygen atoms in total. The molecule has 0 atom stereocenters. The van der Waals surface area contributed by atoms with E-state index in [9.17, 15) is 0 Å². The molecule has 0 bridgehead atoms. The van der Waals surface area contributed by atoms with Crippen LogP contribution in [0.4, 0.5) is 0 Å². The molecule has 0 aromatic rings. The lowest BCUT2D eigenvalue weighted by Gasteiger charge is -2.08. The van der Waals surface area contributed by atoms with Gasteiger partial charge in [-0.1, -0.05) is 293 Å². The molecule has 0 amide bonds. The van der Waals surface area contributed by atoms with Crippen molar-refractivity contribution in [3.63, 3.8) is 0 Å². The van der Waals surface area contributed by atoms with Crippen LogP contribution in [0.3, 0.4) is 0 Å². The van der Waals surface area contributed by atoms with Crippen molar-refractivity contribution in [3.05, 3.63) is 84.7 Å². The Morgan fingerprint density at radius 2 is 0.423 bits per heavy atom. The molecule has 0 aliphatic carbocycles. The zero-order valence-corrected chi connectivity index (χ0v) is 60.2. The fourth-order valence-corrected chi connectivity index (χ4v) is 43.9. The van der Waals surface area contributed by atoms with Gasteiger partial charge in [0.05, 0.1) is 84.7 Å². The predicted octanol–water partition coefficient (Wildman–Crippen LogP) is 27.5. The number of hydrogen-bond acceptors (Lipinski definition) is 24. The monoisotopic (exact) mass is 1390 g/mol. The van der Waals surface area contributed by atoms with Crippen LogP contribution in [0.15, 0.2) is 84.7 Å². The largest absolute Gasteiger partial charge is 0.121 e. The van der Waals surface area contributed by atoms with E-state index in [1.807, 2.05) is 165 Å². The Balaban J connectivity index is 0.793. The molecule has 71 heavy (non-hydrogen) atoms. The third-order valence-electron chi connectivity index (χ3n) is 10.3. The maximum atomic E-state index is 2.31. The lowest BCUT2D eigenvalue weighted by Crippen LogP contribution is -1.83. The summed E-state index contributed by atoms with van der Waals surface area (Å²) in [6.45, 7) is 9.25. The van der Waals surface area contributed by atoms with Crippen LogP contribution >= 0.6 is 282 Å². The average molecular weight is 1390 g/mol. The van der Waals surface area contributed by atoms with E-state index in [4.69, 9.17) is 0 Å². The third-order valence-corrected chi connectivity index (χ3v) is 45.9. The van der Waals surface area contributed by atoms with Gasteiger partial charge in [0.1, 0.15) is 0 Å². The molecule has 8 heterocycles. The Morgan fingerprint density at radius 1 is 0.225 bits per heavy atom. The van der Waals surface area contributed by atoms with Crippen molar-refractivity contribution in [3.8, 4) is 0 Å². The van der Waals surface area contributed by atoms with Gasteiger partial charge in [-0.2, -0.15) is 0 Å². The summed E-state index contributed by atoms with van der Waals surface area (Å²) in [6.07, 6.45) is 26.0. The average Bonchev–Trinajstić information content (AvgIpc) is 4.24. The molecule has 0 N–H and O–H groups in total. The number of thioether (sulfide) groups is 24. The molecule has 0 aromatic carbocycles. The molecule has 8 aliphatic rings. The summed E-state index contributed by atoms with van der Waals surface area (Å²) in [5.41, 5.74) is 0. The molecule has 392 valence electrons. The first-order valence-corrected chi connectivity index (χ1v) is 45.5. The summed E-state index contributed by atoms with van der Waals surface area (Å²) in [4.78, 5) is 0. The summed E-state index contributed by atoms with van der Waals surface area (Å²) >= 11 is 49.2. The second kappa shape index (κ2) is 34.5. The zero-order valence-electron chi connectivity index (χ0n) is 40.6. The van der Waals surface area contributed by atoms with E-state index in [1.54, 1.807) is 16.9 Å². The first-order chi connectivity index (χ1) is 34.9. The minimum absolute atomic E-state index is 1.04. The van der Waals surface area contributed by atoms with Crippen molar-refractivity contribution in [1.82, 2.24) is 0 Å². The third kappa shape index (κ3) is 18.9. The van der Waals surface area contributed by atoms with Crippen molar-refractivity contribution in [2.75, 3.05) is 40.6 Å². The minimum atomic E-state index is 1.04. The van der Waals surface area contributed by atoms with Crippen molar-refractivity contribution in [1.29, 1.82) is 0 Å². The highest BCUT2D eigenvalue weighted by molar-refractivity contribution is 8.53. The summed E-state index contributed by atoms with van der Waals surface area (Å²) in [5.74, 6) is 5.02. The standard InChI is InChI=1S/C47H60S24/c1-7-11-15-19-23-50-32-33(51-24-20-16-12-8-2)61-38(60-32)42-68-44-45(69-42)65-40(64-44)36-56-28(48-5)30(58-36)54-27-55-31-29(49-6)57-37(59-31)41-66-46-47(67-41)71-43(70-46)39-62-34(52-25-21-17-13-9-3)35(63-39)53-26-22-18-14-10-4/h7-27H2,1-6H3. The van der Waals surface area contributed by atoms with Gasteiger partial charge >= 0.3 is 0 Å². The summed E-state index contributed by atoms with van der Waals surface area (Å²) < 4.78 is 30.3. The molecule has 8 aliphatic heterocycles. The number of rotatable bonds is 30. The molecule has 0 saturated carbocycles. The van der Waals surface area contributed by atoms with Crippen LogP contribution < -0.4 is 0 Å². The van der Waals surface area contributed by atoms with Gasteiger partial charge < -0.3 is 0 Å². The van der Waals surface area contributed by atoms with Gasteiger partial charge in [0.25, 0.3) is 0 Å². The highest BCUT2D eigenvalue weighted by atomic mass is 32.3. The highest BCUT2D eigenvalue weighted by Crippen LogP contribution is 2.75. The second-order valence-electron chi connectivity index (χ2n) is 15.8. The molecule has 0 unspecified atom stereocenters. The normalized spacial score (nSPS) is 20.7. The quantitative estimate of drug-likeness (QED) is 0.0494. The zero-order chi connectivity index (χ0) is 49.4. The molecule has 8 rings (SSSR count). The van der Waals surface area contributed by atoms with Crippen molar-refractivity contribution < 1.29 is 0 Å². The number of unbranched alkanes of at least 4 members (excludes halogenated alkanes) is 12. The molecule has 0 radical (unpaired) electrons. The van der Waals surface area contributed by atoms with Crippen molar-refractivity contribution in [2.24, 2.45) is 0 Å². The molecule has 24 heteroatoms. The highest BCUT2D eigenvalue weighted by Gasteiger charge is 2.39. The van der Waals surface area contributed by atoms with Crippen LogP contribution in [0.25, 0.3) is 0 Å². The maximum Gasteiger partial charge on any atom is 0.0718 e. The first kappa shape index (κ1) is 62.8. The van der Waals surface area contributed by atoms with Gasteiger partial charge in [-0.15, -0.1) is 94.1 Å². The summed E-state index contributed by atoms with van der Waals surface area (Å²) in [5, 5.41) is 1.04. The van der Waals surface area contributed by atoms with E-state index in [2.05, 4.69) is 158 Å². The molecule has 0 aromatic heterocycles. The molecule has 0 saturated heterocycles. The lowest BCUT2D eigenvalue weighted by atomic mass is 10.2. The van der Waals surface area contributed by atoms with Crippen molar-refractivity contribution >= 4 is 282 Å². The SMILES string of the molecule is CCCCCCSC1=C(SCCCCCC)SC(=C2SC3=C(SC(=C4SC(SC)=C(SCSC5=C(SC)SC(=C6SC7=C(S6)SC(=C6SC(SCCCCCC)=C(SCCCCCC)S6)S7)S5)S4)S3)S2)S1. The van der Waals surface area contributed by atoms with E-state index < -0.39 is 0 Å². The Labute approximate surface area is 530 Å². The predicted molar refractivity (Wildman–Crippen MR) is 385 cm³/mol. The van der Waals surface area contributed by atoms with Crippen LogP contribution in [0.1, 0.15) is 130 Å². The van der Waals surface area contributed by atoms with E-state index in [-0.39, 0.29) is 0 Å². The second-order valence-corrected chi connectivity index (χ2v) is 45.7. The molecular weight excluding hydrogens is 1330 g/mol. The minimum Gasteiger partial charge on any atom is -0.121 e. The Morgan fingerprint density at radius 3 is 0.634 bits per heavy atom. The van der Waals surface area contributed by atoms with Gasteiger partial charge in [-0.05, 0) is 61.2 Å². The van der Waals surface area contributed by atoms with Crippen LogP contribution in [0.5, 0.6) is 0 Å². The molecular formula is C47H60S24. The first-order valence-electron chi connectivity index (χ1n) is 24.0. The summed E-state index contributed by atoms with van der Waals surface area (Å²) in [6, 6.07) is 0. The van der Waals surface area contributed by atoms with Crippen molar-refractivity contribution in [2.45, 2.75) is 130 Å². The molecule has 0 spiro atoms. The van der Waals surface area contributed by atoms with Gasteiger partial charge in [-0.3, -0.25) is 0 Å². The van der Waals surface area contributed by atoms with Gasteiger partial charge in [-0.25, -0.2) is 0 Å². The van der Waals surface area contributed by atoms with Gasteiger partial charge in [0, 0.05) is 5.08 Å². The Kier molecular flexibility index (Phi) is 30.6. The van der Waals surface area contributed by atoms with Crippen LogP contribution in [-0.2, 0) is 0 Å². The fourth-order valence-electron chi connectivity index (χ4n) is 6.62. The van der Waals surface area contributed by atoms with Gasteiger partial charge in [0.2, 0.25) is 0 Å². The Bertz CT molecular complexity index is 1990. The van der Waals surface area contributed by atoms with Gasteiger partial charge in [0.15, 0.2) is 0 Å². The Hall–Kier alpha value is 5.80. The van der Waals surface area contributed by atoms with Crippen LogP contribution in [0.2, 0.25) is 0 Å². The van der Waals surface area contributed by atoms with E-state index in [0.29, 0.717) is 0 Å². The fraction of sp³-hybridized carbons (Fsp3) is 0.574. The lowest BCUT2D eigenvalue weighted by molar-refractivity contribution is 0.707. The van der Waals surface area contributed by atoms with E-state index in [0.717, 1.165) is 5.08 Å². The number of hydrogen-bond donors (Lipinski definition) is 0. The molecule has 0 fully saturated rings. The smallest absolute Gasteiger partial charge is 0.0718 e.